The number of β-lactam (4-membered cyclic amide) rings is 1. The fourth-order valence-electron chi connectivity index (χ4n) is 2.96. The lowest BCUT2D eigenvalue weighted by molar-refractivity contribution is -0.160. The van der Waals surface area contributed by atoms with Crippen LogP contribution in [0.2, 0.25) is 0 Å². The Balaban J connectivity index is 2.43. The number of hydrogen-bond donors (Lipinski definition) is 1. The second-order valence-corrected chi connectivity index (χ2v) is 9.47. The molecule has 0 radical (unpaired) electrons. The summed E-state index contributed by atoms with van der Waals surface area (Å²) in [6.07, 6.45) is -0.556. The Bertz CT molecular complexity index is 566. The average molecular weight is 347 g/mol. The van der Waals surface area contributed by atoms with Crippen molar-refractivity contribution in [2.45, 2.75) is 43.8 Å². The number of nitrogens with zero attached hydrogens (tertiary/aromatic N) is 1. The number of aliphatic carboxylic acids is 1. The standard InChI is InChI=1S/C14H21NO5S2/c1-7-10(14(2,3)4)15-11(18)9(20-5)12(15)21-13(7)22(19)6-8(16)17/h9,12-13H,6H2,1-5H3,(H,16,17)/t9-,12+,13?,22?/m0/s1. The average Bonchev–Trinajstić information content (AvgIpc) is 2.37. The maximum Gasteiger partial charge on any atom is 0.316 e. The second-order valence-electron chi connectivity index (χ2n) is 6.42. The fraction of sp³-hybridized carbons (Fsp3) is 0.714. The Labute approximate surface area is 136 Å². The number of ether oxygens (including phenoxy) is 1. The molecule has 6 nitrogen and oxygen atoms in total. The van der Waals surface area contributed by atoms with E-state index in [0.29, 0.717) is 0 Å². The summed E-state index contributed by atoms with van der Waals surface area (Å²) in [5.41, 5.74) is 1.35. The molecule has 2 aliphatic heterocycles. The number of fused-ring (bicyclic) bond motifs is 1. The van der Waals surface area contributed by atoms with Gasteiger partial charge in [0.2, 0.25) is 0 Å². The predicted octanol–water partition coefficient (Wildman–Crippen LogP) is 1.40. The molecule has 2 unspecified atom stereocenters. The molecule has 0 aliphatic carbocycles. The zero-order valence-corrected chi connectivity index (χ0v) is 14.9. The highest BCUT2D eigenvalue weighted by molar-refractivity contribution is 8.12. The van der Waals surface area contributed by atoms with Crippen molar-refractivity contribution in [2.75, 3.05) is 12.9 Å². The normalized spacial score (nSPS) is 30.0. The van der Waals surface area contributed by atoms with Crippen LogP contribution in [-0.2, 0) is 25.1 Å². The number of carboxylic acids is 1. The van der Waals surface area contributed by atoms with Gasteiger partial charge in [0.15, 0.2) is 6.10 Å². The van der Waals surface area contributed by atoms with Crippen molar-refractivity contribution < 1.29 is 23.6 Å². The van der Waals surface area contributed by atoms with E-state index >= 15 is 0 Å². The zero-order valence-electron chi connectivity index (χ0n) is 13.3. The summed E-state index contributed by atoms with van der Waals surface area (Å²) in [5.74, 6) is -1.57. The smallest absolute Gasteiger partial charge is 0.316 e. The van der Waals surface area contributed by atoms with E-state index in [1.54, 1.807) is 4.90 Å². The van der Waals surface area contributed by atoms with Crippen molar-refractivity contribution in [3.8, 4) is 0 Å². The third-order valence-electron chi connectivity index (χ3n) is 3.69. The van der Waals surface area contributed by atoms with Gasteiger partial charge in [0.1, 0.15) is 15.7 Å². The van der Waals surface area contributed by atoms with Crippen LogP contribution in [0.15, 0.2) is 11.3 Å². The van der Waals surface area contributed by atoms with Gasteiger partial charge in [-0.2, -0.15) is 0 Å². The van der Waals surface area contributed by atoms with Crippen molar-refractivity contribution in [3.05, 3.63) is 11.3 Å². The third kappa shape index (κ3) is 2.83. The minimum absolute atomic E-state index is 0.0910. The van der Waals surface area contributed by atoms with Gasteiger partial charge in [0, 0.05) is 29.0 Å². The van der Waals surface area contributed by atoms with E-state index < -0.39 is 33.2 Å². The van der Waals surface area contributed by atoms with E-state index in [-0.39, 0.29) is 16.7 Å². The number of allylic oxidation sites excluding steroid dienone is 1. The monoisotopic (exact) mass is 347 g/mol. The highest BCUT2D eigenvalue weighted by Crippen LogP contribution is 2.50. The van der Waals surface area contributed by atoms with Crippen LogP contribution in [0.4, 0.5) is 0 Å². The van der Waals surface area contributed by atoms with Gasteiger partial charge in [-0.15, -0.1) is 11.8 Å². The van der Waals surface area contributed by atoms with Crippen molar-refractivity contribution in [1.82, 2.24) is 4.90 Å². The first kappa shape index (κ1) is 17.5. The first-order valence-corrected chi connectivity index (χ1v) is 9.23. The van der Waals surface area contributed by atoms with Crippen LogP contribution in [-0.4, -0.2) is 55.0 Å². The largest absolute Gasteiger partial charge is 0.481 e. The van der Waals surface area contributed by atoms with Gasteiger partial charge >= 0.3 is 5.97 Å². The molecule has 1 N–H and O–H groups in total. The van der Waals surface area contributed by atoms with E-state index in [2.05, 4.69) is 0 Å². The molecule has 22 heavy (non-hydrogen) atoms. The Morgan fingerprint density at radius 1 is 1.45 bits per heavy atom. The van der Waals surface area contributed by atoms with Gasteiger partial charge in [-0.25, -0.2) is 0 Å². The van der Waals surface area contributed by atoms with Crippen LogP contribution in [0.3, 0.4) is 0 Å². The van der Waals surface area contributed by atoms with Gasteiger partial charge < -0.3 is 9.84 Å². The van der Waals surface area contributed by atoms with Crippen molar-refractivity contribution in [3.63, 3.8) is 0 Å². The fourth-order valence-corrected chi connectivity index (χ4v) is 6.18. The molecule has 2 rings (SSSR count). The number of carbonyl (C=O) groups is 2. The molecule has 0 aromatic carbocycles. The van der Waals surface area contributed by atoms with E-state index in [0.717, 1.165) is 11.3 Å². The number of amides is 1. The molecular weight excluding hydrogens is 326 g/mol. The van der Waals surface area contributed by atoms with Gasteiger partial charge in [-0.05, 0) is 12.5 Å². The van der Waals surface area contributed by atoms with Crippen LogP contribution in [0.5, 0.6) is 0 Å². The van der Waals surface area contributed by atoms with Gasteiger partial charge in [-0.3, -0.25) is 18.7 Å². The minimum atomic E-state index is -1.54. The second kappa shape index (κ2) is 5.98. The van der Waals surface area contributed by atoms with E-state index in [1.165, 1.54) is 18.9 Å². The molecule has 2 aliphatic rings. The molecule has 4 atom stereocenters. The van der Waals surface area contributed by atoms with Gasteiger partial charge in [0.05, 0.1) is 0 Å². The Kier molecular flexibility index (Phi) is 4.75. The summed E-state index contributed by atoms with van der Waals surface area (Å²) in [4.78, 5) is 24.8. The predicted molar refractivity (Wildman–Crippen MR) is 85.6 cm³/mol. The number of carboxylic acid groups (broad SMARTS) is 1. The molecule has 124 valence electrons. The molecule has 8 heteroatoms. The van der Waals surface area contributed by atoms with E-state index in [9.17, 15) is 13.8 Å². The first-order chi connectivity index (χ1) is 10.1. The SMILES string of the molecule is CO[C@H]1C(=O)N2C(C(C)(C)C)=C(C)C(S(=O)CC(=O)O)S[C@H]12. The summed E-state index contributed by atoms with van der Waals surface area (Å²) in [5, 5.41) is 8.65. The number of rotatable bonds is 4. The van der Waals surface area contributed by atoms with Crippen molar-refractivity contribution in [2.24, 2.45) is 5.41 Å². The topological polar surface area (TPSA) is 83.9 Å². The van der Waals surface area contributed by atoms with Crippen LogP contribution < -0.4 is 0 Å². The highest BCUT2D eigenvalue weighted by atomic mass is 32.2. The van der Waals surface area contributed by atoms with Crippen LogP contribution >= 0.6 is 11.8 Å². The number of thioether (sulfide) groups is 1. The maximum atomic E-state index is 12.4. The molecule has 0 aromatic rings. The summed E-state index contributed by atoms with van der Waals surface area (Å²) >= 11 is 1.35. The van der Waals surface area contributed by atoms with E-state index in [4.69, 9.17) is 9.84 Å². The molecule has 0 saturated carbocycles. The highest BCUT2D eigenvalue weighted by Gasteiger charge is 2.56. The molecule has 2 heterocycles. The van der Waals surface area contributed by atoms with Crippen LogP contribution in [0, 0.1) is 5.41 Å². The van der Waals surface area contributed by atoms with Crippen LogP contribution in [0.25, 0.3) is 0 Å². The lowest BCUT2D eigenvalue weighted by Crippen LogP contribution is -2.66. The molecular formula is C14H21NO5S2. The number of hydrogen-bond acceptors (Lipinski definition) is 5. The molecule has 1 amide bonds. The van der Waals surface area contributed by atoms with Crippen molar-refractivity contribution >= 4 is 34.4 Å². The molecule has 0 aromatic heterocycles. The van der Waals surface area contributed by atoms with E-state index in [1.807, 2.05) is 27.7 Å². The molecule has 0 bridgehead atoms. The lowest BCUT2D eigenvalue weighted by atomic mass is 9.85. The number of carbonyl (C=O) groups excluding carboxylic acids is 1. The van der Waals surface area contributed by atoms with Crippen molar-refractivity contribution in [1.29, 1.82) is 0 Å². The molecule has 0 spiro atoms. The Morgan fingerprint density at radius 2 is 2.05 bits per heavy atom. The summed E-state index contributed by atoms with van der Waals surface area (Å²) < 4.78 is 17.2. The Morgan fingerprint density at radius 3 is 2.50 bits per heavy atom. The van der Waals surface area contributed by atoms with Gasteiger partial charge in [0.25, 0.3) is 5.91 Å². The lowest BCUT2D eigenvalue weighted by Gasteiger charge is -2.54. The maximum absolute atomic E-state index is 12.4. The van der Waals surface area contributed by atoms with Gasteiger partial charge in [-0.1, -0.05) is 20.8 Å². The zero-order chi connectivity index (χ0) is 16.8. The quantitative estimate of drug-likeness (QED) is 0.774. The molecule has 1 saturated heterocycles. The minimum Gasteiger partial charge on any atom is -0.481 e. The Hall–Kier alpha value is -0.860. The first-order valence-electron chi connectivity index (χ1n) is 6.91. The molecule has 1 fully saturated rings. The summed E-state index contributed by atoms with van der Waals surface area (Å²) in [6, 6.07) is 0. The summed E-state index contributed by atoms with van der Waals surface area (Å²) in [6.45, 7) is 7.80. The third-order valence-corrected chi connectivity index (χ3v) is 7.37. The summed E-state index contributed by atoms with van der Waals surface area (Å²) in [7, 11) is -0.0622. The number of methoxy groups -OCH3 is 1. The van der Waals surface area contributed by atoms with Crippen LogP contribution in [0.1, 0.15) is 27.7 Å².